The van der Waals surface area contributed by atoms with Crippen molar-refractivity contribution in [3.63, 3.8) is 0 Å². The van der Waals surface area contributed by atoms with Gasteiger partial charge in [0, 0.05) is 24.7 Å². The zero-order chi connectivity index (χ0) is 28.7. The van der Waals surface area contributed by atoms with E-state index < -0.39 is 0 Å². The van der Waals surface area contributed by atoms with E-state index in [9.17, 15) is 4.79 Å². The Morgan fingerprint density at radius 1 is 0.756 bits per heavy atom. The van der Waals surface area contributed by atoms with E-state index in [4.69, 9.17) is 14.2 Å². The van der Waals surface area contributed by atoms with Gasteiger partial charge in [0.15, 0.2) is 30.5 Å². The molecule has 232 valence electrons. The number of rotatable bonds is 24. The molecule has 1 aromatic heterocycles. The van der Waals surface area contributed by atoms with Crippen LogP contribution in [-0.2, 0) is 17.8 Å². The lowest BCUT2D eigenvalue weighted by molar-refractivity contribution is -0.693. The highest BCUT2D eigenvalue weighted by molar-refractivity contribution is 5.77. The van der Waals surface area contributed by atoms with E-state index in [2.05, 4.69) is 48.3 Å². The number of hydrogen-bond donors (Lipinski definition) is 1. The van der Waals surface area contributed by atoms with E-state index in [0.29, 0.717) is 24.7 Å². The zero-order valence-electron chi connectivity index (χ0n) is 25.9. The van der Waals surface area contributed by atoms with Gasteiger partial charge >= 0.3 is 0 Å². The predicted molar refractivity (Wildman–Crippen MR) is 163 cm³/mol. The maximum absolute atomic E-state index is 12.2. The third-order valence-electron chi connectivity index (χ3n) is 7.32. The highest BCUT2D eigenvalue weighted by atomic mass is 127. The molecule has 7 heteroatoms. The van der Waals surface area contributed by atoms with Gasteiger partial charge in [0.25, 0.3) is 5.91 Å². The smallest absolute Gasteiger partial charge is 0.257 e. The number of carbonyl (C=O) groups is 1. The van der Waals surface area contributed by atoms with Gasteiger partial charge in [0.1, 0.15) is 12.3 Å². The second-order valence-corrected chi connectivity index (χ2v) is 10.7. The Kier molecular flexibility index (Phi) is 22.2. The lowest BCUT2D eigenvalue weighted by atomic mass is 10.0. The van der Waals surface area contributed by atoms with Gasteiger partial charge in [-0.05, 0) is 37.5 Å². The molecule has 0 fully saturated rings. The van der Waals surface area contributed by atoms with Crippen LogP contribution in [0.2, 0.25) is 0 Å². The van der Waals surface area contributed by atoms with Crippen molar-refractivity contribution < 1.29 is 47.5 Å². The van der Waals surface area contributed by atoms with Gasteiger partial charge in [-0.1, -0.05) is 90.4 Å². The van der Waals surface area contributed by atoms with Crippen LogP contribution in [0.4, 0.5) is 0 Å². The van der Waals surface area contributed by atoms with Crippen molar-refractivity contribution in [1.82, 2.24) is 5.32 Å². The van der Waals surface area contributed by atoms with Crippen LogP contribution >= 0.6 is 0 Å². The molecule has 1 amide bonds. The average molecular weight is 683 g/mol. The molecule has 2 rings (SSSR count). The van der Waals surface area contributed by atoms with E-state index in [-0.39, 0.29) is 36.5 Å². The number of unbranched alkanes of at least 4 members (excludes halogenated alkanes) is 13. The summed E-state index contributed by atoms with van der Waals surface area (Å²) in [5.74, 6) is 1.71. The molecule has 0 aliphatic heterocycles. The first-order valence-electron chi connectivity index (χ1n) is 15.8. The molecule has 0 spiro atoms. The quantitative estimate of drug-likeness (QED) is 0.1000. The number of aryl methyl sites for hydroxylation is 1. The minimum atomic E-state index is -0.153. The Morgan fingerprint density at radius 2 is 1.34 bits per heavy atom. The van der Waals surface area contributed by atoms with Crippen molar-refractivity contribution in [1.29, 1.82) is 0 Å². The van der Waals surface area contributed by atoms with E-state index >= 15 is 0 Å². The first kappa shape index (κ1) is 37.0. The third-order valence-corrected chi connectivity index (χ3v) is 7.32. The molecule has 0 saturated carbocycles. The normalized spacial score (nSPS) is 10.6. The van der Waals surface area contributed by atoms with Crippen LogP contribution < -0.4 is 48.1 Å². The number of amides is 1. The standard InChI is InChI=1S/C34H54N2O4.HI/c1-4-6-7-8-9-10-11-12-13-14-15-16-17-18-27-39-31-19-20-32(33(28-31)38-3)40-29-34(37)35-24-21-30-22-25-36(5-2)26-23-30;/h19-20,22-23,25-26,28H,4-18,21,24,27,29H2,1-3H3;1H. The minimum absolute atomic E-state index is 0. The Morgan fingerprint density at radius 3 is 1.90 bits per heavy atom. The number of nitrogens with one attached hydrogen (secondary N) is 1. The van der Waals surface area contributed by atoms with E-state index in [1.54, 1.807) is 13.2 Å². The summed E-state index contributed by atoms with van der Waals surface area (Å²) in [6.45, 7) is 6.55. The summed E-state index contributed by atoms with van der Waals surface area (Å²) >= 11 is 0. The molecule has 41 heavy (non-hydrogen) atoms. The first-order chi connectivity index (χ1) is 19.7. The maximum atomic E-state index is 12.2. The highest BCUT2D eigenvalue weighted by Gasteiger charge is 2.10. The number of methoxy groups -OCH3 is 1. The minimum Gasteiger partial charge on any atom is -1.00 e. The second-order valence-electron chi connectivity index (χ2n) is 10.7. The van der Waals surface area contributed by atoms with Crippen molar-refractivity contribution in [3.05, 3.63) is 48.3 Å². The van der Waals surface area contributed by atoms with E-state index in [1.165, 1.54) is 89.0 Å². The lowest BCUT2D eigenvalue weighted by Gasteiger charge is -2.13. The number of carbonyl (C=O) groups excluding carboxylic acids is 1. The fraction of sp³-hybridized carbons (Fsp3) is 0.647. The number of halogens is 1. The Bertz CT molecular complexity index is 923. The molecule has 6 nitrogen and oxygen atoms in total. The molecular formula is C34H55IN2O4. The van der Waals surface area contributed by atoms with E-state index in [1.807, 2.05) is 12.1 Å². The van der Waals surface area contributed by atoms with Crippen LogP contribution in [-0.4, -0.2) is 32.8 Å². The van der Waals surface area contributed by atoms with Crippen LogP contribution in [0, 0.1) is 0 Å². The summed E-state index contributed by atoms with van der Waals surface area (Å²) in [7, 11) is 1.60. The van der Waals surface area contributed by atoms with Gasteiger partial charge in [-0.3, -0.25) is 4.79 Å². The fourth-order valence-electron chi connectivity index (χ4n) is 4.75. The highest BCUT2D eigenvalue weighted by Crippen LogP contribution is 2.31. The molecule has 0 aliphatic carbocycles. The lowest BCUT2D eigenvalue weighted by Crippen LogP contribution is -3.00. The topological polar surface area (TPSA) is 60.7 Å². The number of hydrogen-bond acceptors (Lipinski definition) is 4. The number of ether oxygens (including phenoxy) is 3. The first-order valence-corrected chi connectivity index (χ1v) is 15.8. The predicted octanol–water partition coefficient (Wildman–Crippen LogP) is 4.60. The summed E-state index contributed by atoms with van der Waals surface area (Å²) in [6.07, 6.45) is 23.7. The molecule has 2 aromatic rings. The summed E-state index contributed by atoms with van der Waals surface area (Å²) in [6, 6.07) is 9.67. The van der Waals surface area contributed by atoms with Gasteiger partial charge in [0.05, 0.1) is 13.7 Å². The molecule has 0 saturated heterocycles. The molecular weight excluding hydrogens is 627 g/mol. The summed E-state index contributed by atoms with van der Waals surface area (Å²) < 4.78 is 19.2. The molecule has 0 unspecified atom stereocenters. The summed E-state index contributed by atoms with van der Waals surface area (Å²) in [5, 5.41) is 2.91. The van der Waals surface area contributed by atoms with Crippen molar-refractivity contribution >= 4 is 5.91 Å². The van der Waals surface area contributed by atoms with Crippen molar-refractivity contribution in [2.45, 2.75) is 117 Å². The SMILES string of the molecule is CCCCCCCCCCCCCCCCOc1ccc(OCC(=O)NCCc2cc[n+](CC)cc2)c(OC)c1.[I-]. The van der Waals surface area contributed by atoms with Gasteiger partial charge in [0.2, 0.25) is 0 Å². The summed E-state index contributed by atoms with van der Waals surface area (Å²) in [5.41, 5.74) is 1.19. The van der Waals surface area contributed by atoms with Gasteiger partial charge in [-0.15, -0.1) is 0 Å². The molecule has 1 aromatic carbocycles. The van der Waals surface area contributed by atoms with Crippen LogP contribution in [0.3, 0.4) is 0 Å². The van der Waals surface area contributed by atoms with Crippen LogP contribution in [0.25, 0.3) is 0 Å². The molecule has 1 N–H and O–H groups in total. The van der Waals surface area contributed by atoms with Gasteiger partial charge in [-0.2, -0.15) is 0 Å². The fourth-order valence-corrected chi connectivity index (χ4v) is 4.75. The second kappa shape index (κ2) is 24.6. The Labute approximate surface area is 267 Å². The number of pyridine rings is 1. The molecule has 0 atom stereocenters. The number of nitrogens with zero attached hydrogens (tertiary/aromatic N) is 1. The van der Waals surface area contributed by atoms with Gasteiger partial charge in [-0.25, -0.2) is 4.57 Å². The molecule has 1 heterocycles. The zero-order valence-corrected chi connectivity index (χ0v) is 28.1. The molecule has 0 bridgehead atoms. The van der Waals surface area contributed by atoms with Crippen LogP contribution in [0.15, 0.2) is 42.7 Å². The number of aromatic nitrogens is 1. The third kappa shape index (κ3) is 17.5. The van der Waals surface area contributed by atoms with E-state index in [0.717, 1.165) is 25.1 Å². The van der Waals surface area contributed by atoms with Crippen molar-refractivity contribution in [2.24, 2.45) is 0 Å². The monoisotopic (exact) mass is 682 g/mol. The Hall–Kier alpha value is -2.03. The molecule has 0 aliphatic rings. The number of benzene rings is 1. The van der Waals surface area contributed by atoms with Crippen molar-refractivity contribution in [2.75, 3.05) is 26.9 Å². The van der Waals surface area contributed by atoms with Crippen molar-refractivity contribution in [3.8, 4) is 17.2 Å². The Balaban J connectivity index is 0.00000840. The average Bonchev–Trinajstić information content (AvgIpc) is 2.98. The van der Waals surface area contributed by atoms with Crippen LogP contribution in [0.1, 0.15) is 109 Å². The van der Waals surface area contributed by atoms with Gasteiger partial charge < -0.3 is 43.5 Å². The molecule has 0 radical (unpaired) electrons. The van der Waals surface area contributed by atoms with Crippen LogP contribution in [0.5, 0.6) is 17.2 Å². The summed E-state index contributed by atoms with van der Waals surface area (Å²) in [4.78, 5) is 12.2. The largest absolute Gasteiger partial charge is 1.00 e. The maximum Gasteiger partial charge on any atom is 0.257 e.